The van der Waals surface area contributed by atoms with Crippen molar-refractivity contribution in [2.24, 2.45) is 0 Å². The number of ether oxygens (including phenoxy) is 2. The van der Waals surface area contributed by atoms with Crippen molar-refractivity contribution in [1.82, 2.24) is 4.57 Å². The number of nitrogens with zero attached hydrogens (tertiary/aromatic N) is 2. The fourth-order valence-corrected chi connectivity index (χ4v) is 3.47. The fraction of sp³-hybridized carbons (Fsp3) is 0.348. The van der Waals surface area contributed by atoms with Crippen LogP contribution in [-0.2, 0) is 25.6 Å². The maximum absolute atomic E-state index is 12.3. The summed E-state index contributed by atoms with van der Waals surface area (Å²) >= 11 is 0. The first-order valence-corrected chi connectivity index (χ1v) is 9.90. The third-order valence-electron chi connectivity index (χ3n) is 5.06. The third-order valence-corrected chi connectivity index (χ3v) is 5.06. The zero-order valence-electron chi connectivity index (χ0n) is 17.2. The predicted octanol–water partition coefficient (Wildman–Crippen LogP) is 3.37. The number of nitrogens with one attached hydrogen (secondary N) is 1. The molecule has 1 aliphatic rings. The Morgan fingerprint density at radius 1 is 1.33 bits per heavy atom. The number of carbonyl (C=O) groups excluding carboxylic acids is 2. The fourth-order valence-electron chi connectivity index (χ4n) is 3.47. The monoisotopic (exact) mass is 407 g/mol. The first kappa shape index (κ1) is 21.3. The quantitative estimate of drug-likeness (QED) is 0.431. The number of esters is 1. The van der Waals surface area contributed by atoms with Crippen LogP contribution in [0.3, 0.4) is 0 Å². The first-order chi connectivity index (χ1) is 14.5. The molecule has 3 rings (SSSR count). The van der Waals surface area contributed by atoms with E-state index in [9.17, 15) is 14.9 Å². The van der Waals surface area contributed by atoms with Crippen molar-refractivity contribution in [2.45, 2.75) is 39.3 Å². The van der Waals surface area contributed by atoms with Gasteiger partial charge in [0.05, 0.1) is 6.10 Å². The molecule has 7 heteroatoms. The Bertz CT molecular complexity index is 980. The van der Waals surface area contributed by atoms with E-state index in [1.165, 1.54) is 6.08 Å². The standard InChI is InChI=1S/C23H25N3O4/c1-16-11-18(17(2)26(16)14-21-9-6-10-29-21)12-19(13-24)23(28)30-15-22(27)25-20-7-4-3-5-8-20/h3-5,7-8,11-12,21H,6,9-10,14-15H2,1-2H3,(H,25,27)/b19-12+/t21-/m0/s1. The van der Waals surface area contributed by atoms with Crippen LogP contribution >= 0.6 is 0 Å². The molecule has 7 nitrogen and oxygen atoms in total. The Balaban J connectivity index is 1.64. The lowest BCUT2D eigenvalue weighted by Crippen LogP contribution is -2.21. The Hall–Kier alpha value is -3.37. The molecule has 0 bridgehead atoms. The smallest absolute Gasteiger partial charge is 0.349 e. The number of hydrogen-bond acceptors (Lipinski definition) is 5. The Kier molecular flexibility index (Phi) is 7.04. The molecule has 1 fully saturated rings. The lowest BCUT2D eigenvalue weighted by Gasteiger charge is -2.14. The molecule has 2 aromatic rings. The van der Waals surface area contributed by atoms with Gasteiger partial charge in [-0.05, 0) is 56.5 Å². The zero-order chi connectivity index (χ0) is 21.5. The van der Waals surface area contributed by atoms with Gasteiger partial charge in [0.2, 0.25) is 0 Å². The van der Waals surface area contributed by atoms with E-state index in [2.05, 4.69) is 9.88 Å². The number of benzene rings is 1. The normalized spacial score (nSPS) is 16.2. The Morgan fingerprint density at radius 2 is 2.10 bits per heavy atom. The van der Waals surface area contributed by atoms with Crippen LogP contribution in [0.25, 0.3) is 6.08 Å². The van der Waals surface area contributed by atoms with E-state index in [-0.39, 0.29) is 11.7 Å². The van der Waals surface area contributed by atoms with E-state index in [1.54, 1.807) is 24.3 Å². The van der Waals surface area contributed by atoms with Gasteiger partial charge in [-0.3, -0.25) is 4.79 Å². The second-order valence-electron chi connectivity index (χ2n) is 7.23. The van der Waals surface area contributed by atoms with E-state index in [4.69, 9.17) is 9.47 Å². The minimum atomic E-state index is -0.829. The van der Waals surface area contributed by atoms with Gasteiger partial charge >= 0.3 is 5.97 Å². The average Bonchev–Trinajstić information content (AvgIpc) is 3.35. The maximum atomic E-state index is 12.3. The number of nitriles is 1. The highest BCUT2D eigenvalue weighted by Gasteiger charge is 2.20. The van der Waals surface area contributed by atoms with E-state index in [0.29, 0.717) is 5.69 Å². The van der Waals surface area contributed by atoms with Crippen LogP contribution in [-0.4, -0.2) is 35.8 Å². The molecule has 0 saturated carbocycles. The van der Waals surface area contributed by atoms with Crippen molar-refractivity contribution < 1.29 is 19.1 Å². The molecule has 1 aromatic carbocycles. The van der Waals surface area contributed by atoms with Gasteiger partial charge in [-0.15, -0.1) is 0 Å². The van der Waals surface area contributed by atoms with Crippen LogP contribution in [0.2, 0.25) is 0 Å². The van der Waals surface area contributed by atoms with Crippen LogP contribution in [0, 0.1) is 25.2 Å². The minimum Gasteiger partial charge on any atom is -0.451 e. The molecular weight excluding hydrogens is 382 g/mol. The van der Waals surface area contributed by atoms with Crippen molar-refractivity contribution in [3.8, 4) is 6.07 Å². The number of para-hydroxylation sites is 1. The van der Waals surface area contributed by atoms with Gasteiger partial charge in [0, 0.05) is 30.2 Å². The summed E-state index contributed by atoms with van der Waals surface area (Å²) < 4.78 is 12.9. The van der Waals surface area contributed by atoms with E-state index in [1.807, 2.05) is 32.0 Å². The van der Waals surface area contributed by atoms with Crippen molar-refractivity contribution in [2.75, 3.05) is 18.5 Å². The molecule has 2 heterocycles. The minimum absolute atomic E-state index is 0.153. The summed E-state index contributed by atoms with van der Waals surface area (Å²) in [6.45, 7) is 5.00. The predicted molar refractivity (Wildman–Crippen MR) is 113 cm³/mol. The highest BCUT2D eigenvalue weighted by atomic mass is 16.5. The molecule has 30 heavy (non-hydrogen) atoms. The number of hydrogen-bond donors (Lipinski definition) is 1. The largest absolute Gasteiger partial charge is 0.451 e. The molecule has 1 atom stereocenters. The van der Waals surface area contributed by atoms with Gasteiger partial charge in [0.15, 0.2) is 6.61 Å². The molecule has 1 aliphatic heterocycles. The SMILES string of the molecule is Cc1cc(/C=C(\C#N)C(=O)OCC(=O)Nc2ccccc2)c(C)n1C[C@@H]1CCCO1. The molecule has 1 aromatic heterocycles. The molecular formula is C23H25N3O4. The molecule has 0 radical (unpaired) electrons. The van der Waals surface area contributed by atoms with E-state index in [0.717, 1.165) is 42.9 Å². The van der Waals surface area contributed by atoms with Crippen LogP contribution in [0.15, 0.2) is 42.0 Å². The molecule has 0 spiro atoms. The van der Waals surface area contributed by atoms with Crippen LogP contribution in [0.1, 0.15) is 29.8 Å². The van der Waals surface area contributed by atoms with Crippen molar-refractivity contribution in [3.63, 3.8) is 0 Å². The molecule has 1 saturated heterocycles. The van der Waals surface area contributed by atoms with E-state index >= 15 is 0 Å². The maximum Gasteiger partial charge on any atom is 0.349 e. The Labute approximate surface area is 175 Å². The number of carbonyl (C=O) groups is 2. The van der Waals surface area contributed by atoms with Gasteiger partial charge in [0.25, 0.3) is 5.91 Å². The van der Waals surface area contributed by atoms with Gasteiger partial charge in [-0.25, -0.2) is 4.79 Å². The Morgan fingerprint density at radius 3 is 2.77 bits per heavy atom. The summed E-state index contributed by atoms with van der Waals surface area (Å²) in [6, 6.07) is 12.7. The summed E-state index contributed by atoms with van der Waals surface area (Å²) in [6.07, 6.45) is 3.80. The number of aromatic nitrogens is 1. The number of rotatable bonds is 7. The lowest BCUT2D eigenvalue weighted by molar-refractivity contribution is -0.142. The molecule has 0 aliphatic carbocycles. The van der Waals surface area contributed by atoms with Crippen LogP contribution in [0.4, 0.5) is 5.69 Å². The summed E-state index contributed by atoms with van der Waals surface area (Å²) in [7, 11) is 0. The van der Waals surface area contributed by atoms with Crippen molar-refractivity contribution in [3.05, 3.63) is 58.9 Å². The first-order valence-electron chi connectivity index (χ1n) is 9.90. The zero-order valence-corrected chi connectivity index (χ0v) is 17.2. The van der Waals surface area contributed by atoms with E-state index < -0.39 is 18.5 Å². The highest BCUT2D eigenvalue weighted by Crippen LogP contribution is 2.22. The molecule has 0 unspecified atom stereocenters. The lowest BCUT2D eigenvalue weighted by atomic mass is 10.1. The van der Waals surface area contributed by atoms with Gasteiger partial charge in [0.1, 0.15) is 11.6 Å². The van der Waals surface area contributed by atoms with Gasteiger partial charge in [-0.1, -0.05) is 18.2 Å². The van der Waals surface area contributed by atoms with Gasteiger partial charge < -0.3 is 19.4 Å². The number of aryl methyl sites for hydroxylation is 1. The summed E-state index contributed by atoms with van der Waals surface area (Å²) in [5.74, 6) is -1.30. The van der Waals surface area contributed by atoms with Gasteiger partial charge in [-0.2, -0.15) is 5.26 Å². The van der Waals surface area contributed by atoms with Crippen LogP contribution in [0.5, 0.6) is 0 Å². The summed E-state index contributed by atoms with van der Waals surface area (Å²) in [5, 5.41) is 12.0. The third kappa shape index (κ3) is 5.37. The summed E-state index contributed by atoms with van der Waals surface area (Å²) in [5.41, 5.74) is 3.20. The second kappa shape index (κ2) is 9.90. The van der Waals surface area contributed by atoms with Crippen LogP contribution < -0.4 is 5.32 Å². The molecule has 156 valence electrons. The molecule has 1 N–H and O–H groups in total. The highest BCUT2D eigenvalue weighted by molar-refractivity contribution is 6.00. The van der Waals surface area contributed by atoms with Crippen molar-refractivity contribution in [1.29, 1.82) is 5.26 Å². The molecule has 1 amide bonds. The van der Waals surface area contributed by atoms with Crippen molar-refractivity contribution >= 4 is 23.6 Å². The topological polar surface area (TPSA) is 93.4 Å². The summed E-state index contributed by atoms with van der Waals surface area (Å²) in [4.78, 5) is 24.2. The number of amides is 1. The average molecular weight is 407 g/mol. The number of anilines is 1. The second-order valence-corrected chi connectivity index (χ2v) is 7.23.